The van der Waals surface area contributed by atoms with Crippen LogP contribution in [0.15, 0.2) is 24.3 Å². The van der Waals surface area contributed by atoms with Gasteiger partial charge in [-0.15, -0.1) is 11.3 Å². The van der Waals surface area contributed by atoms with Gasteiger partial charge in [-0.05, 0) is 37.2 Å². The lowest BCUT2D eigenvalue weighted by Crippen LogP contribution is -1.91. The summed E-state index contributed by atoms with van der Waals surface area (Å²) in [6.07, 6.45) is 2.60. The number of thiazole rings is 1. The summed E-state index contributed by atoms with van der Waals surface area (Å²) < 4.78 is 4.66. The van der Waals surface area contributed by atoms with E-state index in [2.05, 4.69) is 28.8 Å². The van der Waals surface area contributed by atoms with Crippen molar-refractivity contribution in [3.8, 4) is 0 Å². The van der Waals surface area contributed by atoms with Gasteiger partial charge in [-0.1, -0.05) is 12.1 Å². The molecule has 1 aliphatic carbocycles. The Balaban J connectivity index is 2.41. The van der Waals surface area contributed by atoms with Gasteiger partial charge >= 0.3 is 0 Å². The number of hydrogen-bond acceptors (Lipinski definition) is 2. The highest BCUT2D eigenvalue weighted by atomic mass is 32.1. The van der Waals surface area contributed by atoms with E-state index >= 15 is 0 Å². The minimum Gasteiger partial charge on any atom is -0.320 e. The Labute approximate surface area is 85.6 Å². The minimum absolute atomic E-state index is 0.698. The molecule has 1 aliphatic rings. The van der Waals surface area contributed by atoms with Crippen LogP contribution in [0.25, 0.3) is 10.2 Å². The second kappa shape index (κ2) is 2.66. The number of rotatable bonds is 1. The molecular weight excluding hydrogens is 198 g/mol. The van der Waals surface area contributed by atoms with Crippen LogP contribution in [0.3, 0.4) is 0 Å². The molecule has 0 saturated heterocycles. The highest BCUT2D eigenvalue weighted by molar-refractivity contribution is 7.73. The van der Waals surface area contributed by atoms with Crippen molar-refractivity contribution in [3.63, 3.8) is 0 Å². The van der Waals surface area contributed by atoms with Crippen LogP contribution in [0.1, 0.15) is 18.9 Å². The van der Waals surface area contributed by atoms with E-state index in [0.717, 1.165) is 3.95 Å². The lowest BCUT2D eigenvalue weighted by molar-refractivity contribution is 0.772. The van der Waals surface area contributed by atoms with Crippen LogP contribution < -0.4 is 0 Å². The summed E-state index contributed by atoms with van der Waals surface area (Å²) in [4.78, 5) is 0. The van der Waals surface area contributed by atoms with E-state index in [1.54, 1.807) is 11.3 Å². The fraction of sp³-hybridized carbons (Fsp3) is 0.300. The molecule has 0 atom stereocenters. The minimum atomic E-state index is 0.698. The van der Waals surface area contributed by atoms with Crippen molar-refractivity contribution in [1.82, 2.24) is 4.57 Å². The Kier molecular flexibility index (Phi) is 1.58. The largest absolute Gasteiger partial charge is 0.320 e. The van der Waals surface area contributed by atoms with Gasteiger partial charge in [0, 0.05) is 6.04 Å². The summed E-state index contributed by atoms with van der Waals surface area (Å²) >= 11 is 7.08. The summed E-state index contributed by atoms with van der Waals surface area (Å²) in [5.41, 5.74) is 1.32. The third-order valence-corrected chi connectivity index (χ3v) is 3.81. The number of fused-ring (bicyclic) bond motifs is 1. The molecule has 3 rings (SSSR count). The van der Waals surface area contributed by atoms with E-state index in [9.17, 15) is 0 Å². The predicted molar refractivity (Wildman–Crippen MR) is 58.9 cm³/mol. The van der Waals surface area contributed by atoms with Crippen LogP contribution in [0.5, 0.6) is 0 Å². The molecule has 0 amide bonds. The van der Waals surface area contributed by atoms with Crippen molar-refractivity contribution in [2.24, 2.45) is 0 Å². The van der Waals surface area contributed by atoms with Crippen LogP contribution in [-0.4, -0.2) is 4.57 Å². The first-order valence-electron chi connectivity index (χ1n) is 4.46. The van der Waals surface area contributed by atoms with Gasteiger partial charge in [-0.25, -0.2) is 0 Å². The maximum Gasteiger partial charge on any atom is 0.162 e. The molecule has 13 heavy (non-hydrogen) atoms. The van der Waals surface area contributed by atoms with Crippen molar-refractivity contribution in [2.75, 3.05) is 0 Å². The molecule has 1 aromatic carbocycles. The number of hydrogen-bond donors (Lipinski definition) is 0. The van der Waals surface area contributed by atoms with Crippen LogP contribution in [0, 0.1) is 3.95 Å². The number of benzene rings is 1. The molecule has 3 heteroatoms. The van der Waals surface area contributed by atoms with E-state index < -0.39 is 0 Å². The highest BCUT2D eigenvalue weighted by Crippen LogP contribution is 2.39. The summed E-state index contributed by atoms with van der Waals surface area (Å²) in [6.45, 7) is 0. The molecule has 1 aromatic heterocycles. The van der Waals surface area contributed by atoms with Gasteiger partial charge < -0.3 is 4.57 Å². The third kappa shape index (κ3) is 1.15. The maximum atomic E-state index is 5.35. The normalized spacial score (nSPS) is 16.6. The second-order valence-corrected chi connectivity index (χ2v) is 5.11. The fourth-order valence-electron chi connectivity index (χ4n) is 1.66. The quantitative estimate of drug-likeness (QED) is 0.644. The molecule has 0 N–H and O–H groups in total. The number of nitrogens with zero attached hydrogens (tertiary/aromatic N) is 1. The Hall–Kier alpha value is -0.670. The van der Waals surface area contributed by atoms with E-state index in [0.29, 0.717) is 6.04 Å². The average Bonchev–Trinajstić information content (AvgIpc) is 2.88. The second-order valence-electron chi connectivity index (χ2n) is 3.44. The molecule has 0 unspecified atom stereocenters. The first-order valence-corrected chi connectivity index (χ1v) is 5.69. The lowest BCUT2D eigenvalue weighted by Gasteiger charge is -1.99. The number of aromatic nitrogens is 1. The van der Waals surface area contributed by atoms with Crippen LogP contribution >= 0.6 is 23.6 Å². The fourth-order valence-corrected chi connectivity index (χ4v) is 3.13. The summed E-state index contributed by atoms with van der Waals surface area (Å²) in [6, 6.07) is 9.17. The van der Waals surface area contributed by atoms with Crippen molar-refractivity contribution < 1.29 is 0 Å². The van der Waals surface area contributed by atoms with E-state index in [1.807, 2.05) is 0 Å². The molecule has 0 aliphatic heterocycles. The van der Waals surface area contributed by atoms with Gasteiger partial charge in [0.15, 0.2) is 3.95 Å². The summed E-state index contributed by atoms with van der Waals surface area (Å²) in [5, 5.41) is 0. The van der Waals surface area contributed by atoms with Gasteiger partial charge in [-0.2, -0.15) is 0 Å². The molecule has 66 valence electrons. The van der Waals surface area contributed by atoms with Gasteiger partial charge in [0.1, 0.15) is 0 Å². The van der Waals surface area contributed by atoms with Gasteiger partial charge in [0.05, 0.1) is 10.2 Å². The topological polar surface area (TPSA) is 4.93 Å². The maximum absolute atomic E-state index is 5.35. The molecule has 2 aromatic rings. The zero-order chi connectivity index (χ0) is 8.84. The zero-order valence-electron chi connectivity index (χ0n) is 7.06. The van der Waals surface area contributed by atoms with E-state index in [-0.39, 0.29) is 0 Å². The van der Waals surface area contributed by atoms with E-state index in [1.165, 1.54) is 23.1 Å². The van der Waals surface area contributed by atoms with Crippen molar-refractivity contribution in [3.05, 3.63) is 28.2 Å². The van der Waals surface area contributed by atoms with Gasteiger partial charge in [0.2, 0.25) is 0 Å². The molecule has 1 saturated carbocycles. The van der Waals surface area contributed by atoms with Crippen LogP contribution in [0.4, 0.5) is 0 Å². The zero-order valence-corrected chi connectivity index (χ0v) is 8.70. The molecule has 1 fully saturated rings. The van der Waals surface area contributed by atoms with Crippen molar-refractivity contribution in [2.45, 2.75) is 18.9 Å². The summed E-state index contributed by atoms with van der Waals surface area (Å²) in [5.74, 6) is 0. The van der Waals surface area contributed by atoms with Crippen LogP contribution in [0.2, 0.25) is 0 Å². The molecule has 1 nitrogen and oxygen atoms in total. The first-order chi connectivity index (χ1) is 6.36. The molecule has 0 spiro atoms. The average molecular weight is 207 g/mol. The van der Waals surface area contributed by atoms with Crippen molar-refractivity contribution >= 4 is 33.8 Å². The molecule has 1 heterocycles. The lowest BCUT2D eigenvalue weighted by atomic mass is 10.3. The SMILES string of the molecule is S=c1sc2ccccc2n1C1CC1. The third-order valence-electron chi connectivity index (χ3n) is 2.43. The van der Waals surface area contributed by atoms with Gasteiger partial charge in [-0.3, -0.25) is 0 Å². The molecule has 0 radical (unpaired) electrons. The smallest absolute Gasteiger partial charge is 0.162 e. The van der Waals surface area contributed by atoms with E-state index in [4.69, 9.17) is 12.2 Å². The Morgan fingerprint density at radius 3 is 2.85 bits per heavy atom. The Morgan fingerprint density at radius 2 is 2.08 bits per heavy atom. The monoisotopic (exact) mass is 207 g/mol. The van der Waals surface area contributed by atoms with Gasteiger partial charge in [0.25, 0.3) is 0 Å². The first kappa shape index (κ1) is 7.71. The molecular formula is C10H9NS2. The molecule has 0 bridgehead atoms. The standard InChI is InChI=1S/C10H9NS2/c12-10-11(7-5-6-7)8-3-1-2-4-9(8)13-10/h1-4,7H,5-6H2. The highest BCUT2D eigenvalue weighted by Gasteiger charge is 2.25. The Morgan fingerprint density at radius 1 is 1.31 bits per heavy atom. The number of para-hydroxylation sites is 1. The van der Waals surface area contributed by atoms with Crippen molar-refractivity contribution in [1.29, 1.82) is 0 Å². The van der Waals surface area contributed by atoms with Crippen LogP contribution in [-0.2, 0) is 0 Å². The Bertz CT molecular complexity index is 505. The summed E-state index contributed by atoms with van der Waals surface area (Å²) in [7, 11) is 0. The predicted octanol–water partition coefficient (Wildman–Crippen LogP) is 3.77.